The molecule has 0 radical (unpaired) electrons. The summed E-state index contributed by atoms with van der Waals surface area (Å²) in [5, 5.41) is 11.7. The Morgan fingerprint density at radius 1 is 1.14 bits per heavy atom. The van der Waals surface area contributed by atoms with E-state index in [-0.39, 0.29) is 18.2 Å². The zero-order valence-electron chi connectivity index (χ0n) is 21.2. The van der Waals surface area contributed by atoms with Gasteiger partial charge in [-0.15, -0.1) is 0 Å². The SMILES string of the molecule is Cc1ccc(COc2ccc3c(C)c(CCC(=O)N4CC[C@@]5(O)CCCC[C@@H]5C4)c(=O)oc3c2)cc1. The van der Waals surface area contributed by atoms with Crippen molar-refractivity contribution < 1.29 is 19.1 Å². The third kappa shape index (κ3) is 5.05. The highest BCUT2D eigenvalue weighted by atomic mass is 16.5. The molecular formula is C30H35NO5. The quantitative estimate of drug-likeness (QED) is 0.489. The third-order valence-corrected chi connectivity index (χ3v) is 8.15. The molecule has 0 spiro atoms. The van der Waals surface area contributed by atoms with E-state index in [9.17, 15) is 14.7 Å². The molecule has 1 N–H and O–H groups in total. The van der Waals surface area contributed by atoms with Crippen LogP contribution in [0.2, 0.25) is 0 Å². The molecule has 3 aromatic rings. The van der Waals surface area contributed by atoms with Gasteiger partial charge in [-0.1, -0.05) is 42.7 Å². The molecule has 6 heteroatoms. The number of carbonyl (C=O) groups excluding carboxylic acids is 1. The number of hydrogen-bond donors (Lipinski definition) is 1. The lowest BCUT2D eigenvalue weighted by atomic mass is 9.71. The van der Waals surface area contributed by atoms with E-state index in [0.717, 1.165) is 42.2 Å². The number of amides is 1. The second kappa shape index (κ2) is 10.1. The number of ether oxygens (including phenoxy) is 1. The topological polar surface area (TPSA) is 80.0 Å². The van der Waals surface area contributed by atoms with Gasteiger partial charge in [-0.05, 0) is 62.8 Å². The summed E-state index contributed by atoms with van der Waals surface area (Å²) in [6.45, 7) is 5.60. The summed E-state index contributed by atoms with van der Waals surface area (Å²) in [6.07, 6.45) is 5.26. The lowest BCUT2D eigenvalue weighted by Gasteiger charge is -2.47. The monoisotopic (exact) mass is 489 g/mol. The lowest BCUT2D eigenvalue weighted by Crippen LogP contribution is -2.54. The highest BCUT2D eigenvalue weighted by molar-refractivity contribution is 5.83. The van der Waals surface area contributed by atoms with Crippen molar-refractivity contribution in [1.82, 2.24) is 4.90 Å². The fourth-order valence-corrected chi connectivity index (χ4v) is 5.79. The van der Waals surface area contributed by atoms with Crippen LogP contribution in [0, 0.1) is 19.8 Å². The van der Waals surface area contributed by atoms with E-state index in [4.69, 9.17) is 9.15 Å². The van der Waals surface area contributed by atoms with E-state index in [1.807, 2.05) is 43.0 Å². The van der Waals surface area contributed by atoms with Crippen LogP contribution in [-0.2, 0) is 17.8 Å². The summed E-state index contributed by atoms with van der Waals surface area (Å²) in [4.78, 5) is 27.7. The van der Waals surface area contributed by atoms with Crippen molar-refractivity contribution in [3.8, 4) is 5.75 Å². The Balaban J connectivity index is 1.25. The van der Waals surface area contributed by atoms with Gasteiger partial charge in [0, 0.05) is 42.4 Å². The largest absolute Gasteiger partial charge is 0.489 e. The molecule has 0 unspecified atom stereocenters. The lowest BCUT2D eigenvalue weighted by molar-refractivity contribution is -0.143. The molecule has 2 aromatic carbocycles. The van der Waals surface area contributed by atoms with E-state index in [1.54, 1.807) is 6.07 Å². The number of aliphatic hydroxyl groups is 1. The first kappa shape index (κ1) is 24.6. The maximum atomic E-state index is 13.0. The second-order valence-corrected chi connectivity index (χ2v) is 10.6. The van der Waals surface area contributed by atoms with Crippen molar-refractivity contribution >= 4 is 16.9 Å². The number of nitrogens with zero attached hydrogens (tertiary/aromatic N) is 1. The summed E-state index contributed by atoms with van der Waals surface area (Å²) in [5.74, 6) is 0.849. The Kier molecular flexibility index (Phi) is 6.89. The zero-order chi connectivity index (χ0) is 25.3. The normalized spacial score (nSPS) is 21.9. The van der Waals surface area contributed by atoms with Crippen molar-refractivity contribution in [3.63, 3.8) is 0 Å². The van der Waals surface area contributed by atoms with Crippen molar-refractivity contribution in [2.75, 3.05) is 13.1 Å². The molecule has 1 aliphatic heterocycles. The first-order valence-electron chi connectivity index (χ1n) is 13.1. The molecule has 2 heterocycles. The average molecular weight is 490 g/mol. The Morgan fingerprint density at radius 3 is 2.75 bits per heavy atom. The number of fused-ring (bicyclic) bond motifs is 2. The fraction of sp³-hybridized carbons (Fsp3) is 0.467. The van der Waals surface area contributed by atoms with Crippen LogP contribution in [0.5, 0.6) is 5.75 Å². The number of benzene rings is 2. The number of piperidine rings is 1. The van der Waals surface area contributed by atoms with Gasteiger partial charge in [0.2, 0.25) is 5.91 Å². The van der Waals surface area contributed by atoms with E-state index in [1.165, 1.54) is 5.56 Å². The maximum absolute atomic E-state index is 13.0. The predicted molar refractivity (Wildman–Crippen MR) is 139 cm³/mol. The Bertz CT molecular complexity index is 1310. The molecule has 1 saturated heterocycles. The van der Waals surface area contributed by atoms with Gasteiger partial charge < -0.3 is 19.2 Å². The highest BCUT2D eigenvalue weighted by Crippen LogP contribution is 2.40. The molecule has 36 heavy (non-hydrogen) atoms. The Hall–Kier alpha value is -3.12. The molecule has 1 amide bonds. The van der Waals surface area contributed by atoms with Crippen LogP contribution in [0.15, 0.2) is 51.7 Å². The number of rotatable bonds is 6. The van der Waals surface area contributed by atoms with Gasteiger partial charge in [-0.3, -0.25) is 4.79 Å². The first-order valence-corrected chi connectivity index (χ1v) is 13.1. The molecule has 6 nitrogen and oxygen atoms in total. The van der Waals surface area contributed by atoms with Crippen LogP contribution in [0.25, 0.3) is 11.0 Å². The van der Waals surface area contributed by atoms with Gasteiger partial charge in [-0.25, -0.2) is 4.79 Å². The van der Waals surface area contributed by atoms with Gasteiger partial charge in [-0.2, -0.15) is 0 Å². The summed E-state index contributed by atoms with van der Waals surface area (Å²) in [5.41, 5.74) is 3.15. The molecule has 1 aromatic heterocycles. The van der Waals surface area contributed by atoms with E-state index >= 15 is 0 Å². The van der Waals surface area contributed by atoms with Crippen molar-refractivity contribution in [3.05, 3.63) is 75.1 Å². The fourth-order valence-electron chi connectivity index (χ4n) is 5.79. The molecular weight excluding hydrogens is 454 g/mol. The van der Waals surface area contributed by atoms with Crippen LogP contribution in [-0.4, -0.2) is 34.6 Å². The number of hydrogen-bond acceptors (Lipinski definition) is 5. The van der Waals surface area contributed by atoms with Gasteiger partial charge in [0.15, 0.2) is 0 Å². The molecule has 1 aliphatic carbocycles. The Labute approximate surface area is 211 Å². The molecule has 2 fully saturated rings. The smallest absolute Gasteiger partial charge is 0.339 e. The number of likely N-dealkylation sites (tertiary alicyclic amines) is 1. The summed E-state index contributed by atoms with van der Waals surface area (Å²) < 4.78 is 11.6. The predicted octanol–water partition coefficient (Wildman–Crippen LogP) is 5.08. The maximum Gasteiger partial charge on any atom is 0.339 e. The van der Waals surface area contributed by atoms with E-state index in [2.05, 4.69) is 12.1 Å². The minimum absolute atomic E-state index is 0.0429. The summed E-state index contributed by atoms with van der Waals surface area (Å²) in [7, 11) is 0. The zero-order valence-corrected chi connectivity index (χ0v) is 21.2. The molecule has 5 rings (SSSR count). The van der Waals surface area contributed by atoms with Crippen LogP contribution in [0.4, 0.5) is 0 Å². The Morgan fingerprint density at radius 2 is 1.94 bits per heavy atom. The molecule has 190 valence electrons. The first-order chi connectivity index (χ1) is 17.3. The van der Waals surface area contributed by atoms with Gasteiger partial charge in [0.05, 0.1) is 5.60 Å². The van der Waals surface area contributed by atoms with E-state index < -0.39 is 11.2 Å². The minimum atomic E-state index is -0.603. The van der Waals surface area contributed by atoms with Crippen molar-refractivity contribution in [1.29, 1.82) is 0 Å². The van der Waals surface area contributed by atoms with Crippen molar-refractivity contribution in [2.45, 2.75) is 71.0 Å². The second-order valence-electron chi connectivity index (χ2n) is 10.6. The summed E-state index contributed by atoms with van der Waals surface area (Å²) >= 11 is 0. The van der Waals surface area contributed by atoms with Crippen LogP contribution in [0.1, 0.15) is 60.8 Å². The third-order valence-electron chi connectivity index (χ3n) is 8.15. The summed E-state index contributed by atoms with van der Waals surface area (Å²) in [6, 6.07) is 13.7. The van der Waals surface area contributed by atoms with Gasteiger partial charge in [0.1, 0.15) is 17.9 Å². The standard InChI is InChI=1S/C30H35NO5/c1-20-6-8-22(9-7-20)19-35-24-10-11-25-21(2)26(29(33)36-27(25)17-24)12-13-28(32)31-16-15-30(34)14-4-3-5-23(30)18-31/h6-11,17,23,34H,3-5,12-16,18-19H2,1-2H3/t23-,30+/m1/s1. The van der Waals surface area contributed by atoms with Crippen LogP contribution >= 0.6 is 0 Å². The van der Waals surface area contributed by atoms with Crippen LogP contribution in [0.3, 0.4) is 0 Å². The van der Waals surface area contributed by atoms with Crippen molar-refractivity contribution in [2.24, 2.45) is 5.92 Å². The number of carbonyl (C=O) groups is 1. The molecule has 2 atom stereocenters. The minimum Gasteiger partial charge on any atom is -0.489 e. The van der Waals surface area contributed by atoms with Crippen LogP contribution < -0.4 is 10.4 Å². The van der Waals surface area contributed by atoms with Gasteiger partial charge >= 0.3 is 5.63 Å². The molecule has 1 saturated carbocycles. The molecule has 2 aliphatic rings. The average Bonchev–Trinajstić information content (AvgIpc) is 2.87. The number of aryl methyl sites for hydroxylation is 2. The van der Waals surface area contributed by atoms with E-state index in [0.29, 0.717) is 49.4 Å². The van der Waals surface area contributed by atoms with Gasteiger partial charge in [0.25, 0.3) is 0 Å². The molecule has 0 bridgehead atoms. The highest BCUT2D eigenvalue weighted by Gasteiger charge is 2.43.